The first-order chi connectivity index (χ1) is 8.76. The van der Waals surface area contributed by atoms with Crippen LogP contribution in [0.3, 0.4) is 0 Å². The third-order valence-electron chi connectivity index (χ3n) is 3.95. The Morgan fingerprint density at radius 1 is 1.26 bits per heavy atom. The van der Waals surface area contributed by atoms with Crippen molar-refractivity contribution in [2.75, 3.05) is 6.61 Å². The van der Waals surface area contributed by atoms with Crippen molar-refractivity contribution in [3.63, 3.8) is 0 Å². The van der Waals surface area contributed by atoms with E-state index in [1.807, 2.05) is 37.4 Å². The van der Waals surface area contributed by atoms with Gasteiger partial charge < -0.3 is 14.6 Å². The molecule has 0 saturated carbocycles. The summed E-state index contributed by atoms with van der Waals surface area (Å²) in [7, 11) is -2.12. The quantitative estimate of drug-likeness (QED) is 0.596. The lowest BCUT2D eigenvalue weighted by molar-refractivity contribution is 0.276. The van der Waals surface area contributed by atoms with Gasteiger partial charge in [0, 0.05) is 0 Å². The Labute approximate surface area is 117 Å². The highest BCUT2D eigenvalue weighted by atomic mass is 28.4. The Balaban J connectivity index is 2.39. The molecular weight excluding hydrogens is 256 g/mol. The molecule has 0 aliphatic carbocycles. The van der Waals surface area contributed by atoms with Crippen molar-refractivity contribution < 1.29 is 14.6 Å². The van der Waals surface area contributed by atoms with Crippen molar-refractivity contribution in [2.24, 2.45) is 0 Å². The van der Waals surface area contributed by atoms with E-state index in [0.717, 1.165) is 24.2 Å². The first kappa shape index (κ1) is 16.2. The second-order valence-electron chi connectivity index (χ2n) is 6.20. The van der Waals surface area contributed by atoms with Crippen molar-refractivity contribution in [3.05, 3.63) is 29.8 Å². The minimum absolute atomic E-state index is 0.00328. The summed E-state index contributed by atoms with van der Waals surface area (Å²) in [6.45, 7) is 8.91. The molecule has 2 N–H and O–H groups in total. The van der Waals surface area contributed by atoms with Gasteiger partial charge in [0.05, 0.1) is 13.2 Å². The second-order valence-corrected chi connectivity index (χ2v) is 10.7. The maximum Gasteiger partial charge on any atom is 0.188 e. The van der Waals surface area contributed by atoms with Crippen LogP contribution in [-0.4, -0.2) is 24.8 Å². The SMILES string of the molecule is CC(C)(CCCOc1cccc(CO)c1)[Si](C)(C)O. The number of hydrogen-bond acceptors (Lipinski definition) is 3. The van der Waals surface area contributed by atoms with E-state index in [4.69, 9.17) is 9.84 Å². The van der Waals surface area contributed by atoms with Crippen LogP contribution in [0.15, 0.2) is 24.3 Å². The van der Waals surface area contributed by atoms with E-state index in [-0.39, 0.29) is 11.6 Å². The van der Waals surface area contributed by atoms with E-state index in [1.54, 1.807) is 0 Å². The van der Waals surface area contributed by atoms with Gasteiger partial charge in [0.15, 0.2) is 8.32 Å². The highest BCUT2D eigenvalue weighted by molar-refractivity contribution is 6.72. The zero-order valence-corrected chi connectivity index (χ0v) is 13.4. The van der Waals surface area contributed by atoms with E-state index >= 15 is 0 Å². The van der Waals surface area contributed by atoms with Crippen molar-refractivity contribution in [2.45, 2.75) is 51.4 Å². The molecule has 3 nitrogen and oxygen atoms in total. The molecule has 0 aliphatic heterocycles. The molecule has 1 aromatic rings. The Morgan fingerprint density at radius 3 is 2.53 bits per heavy atom. The van der Waals surface area contributed by atoms with Gasteiger partial charge in [0.1, 0.15) is 5.75 Å². The van der Waals surface area contributed by atoms with E-state index in [1.165, 1.54) is 0 Å². The number of aliphatic hydroxyl groups excluding tert-OH is 1. The van der Waals surface area contributed by atoms with Crippen molar-refractivity contribution in [1.29, 1.82) is 0 Å². The Hall–Kier alpha value is -0.843. The number of hydrogen-bond donors (Lipinski definition) is 2. The highest BCUT2D eigenvalue weighted by Crippen LogP contribution is 2.39. The third-order valence-corrected chi connectivity index (χ3v) is 7.51. The molecule has 4 heteroatoms. The summed E-state index contributed by atoms with van der Waals surface area (Å²) in [5.74, 6) is 0.796. The Morgan fingerprint density at radius 2 is 1.95 bits per heavy atom. The van der Waals surface area contributed by atoms with Gasteiger partial charge in [-0.05, 0) is 48.7 Å². The summed E-state index contributed by atoms with van der Waals surface area (Å²) in [5.41, 5.74) is 0.863. The number of benzene rings is 1. The lowest BCUT2D eigenvalue weighted by atomic mass is 10.1. The maximum absolute atomic E-state index is 10.2. The Bertz CT molecular complexity index is 397. The maximum atomic E-state index is 10.2. The molecule has 0 aromatic heterocycles. The average Bonchev–Trinajstić information content (AvgIpc) is 2.33. The van der Waals surface area contributed by atoms with Crippen LogP contribution in [0, 0.1) is 0 Å². The summed E-state index contributed by atoms with van der Waals surface area (Å²) < 4.78 is 5.68. The fraction of sp³-hybridized carbons (Fsp3) is 0.600. The Kier molecular flexibility index (Phi) is 5.59. The molecule has 0 spiro atoms. The molecule has 0 bridgehead atoms. The molecule has 0 fully saturated rings. The van der Waals surface area contributed by atoms with Gasteiger partial charge >= 0.3 is 0 Å². The summed E-state index contributed by atoms with van der Waals surface area (Å²) >= 11 is 0. The summed E-state index contributed by atoms with van der Waals surface area (Å²) in [4.78, 5) is 10.2. The molecule has 0 heterocycles. The van der Waals surface area contributed by atoms with Crippen LogP contribution in [0.5, 0.6) is 5.75 Å². The zero-order chi connectivity index (χ0) is 14.5. The van der Waals surface area contributed by atoms with Crippen LogP contribution in [-0.2, 0) is 6.61 Å². The molecule has 1 rings (SSSR count). The smallest absolute Gasteiger partial charge is 0.188 e. The van der Waals surface area contributed by atoms with Gasteiger partial charge in [0.2, 0.25) is 0 Å². The summed E-state index contributed by atoms with van der Waals surface area (Å²) in [6, 6.07) is 7.51. The van der Waals surface area contributed by atoms with E-state index in [0.29, 0.717) is 6.61 Å². The fourth-order valence-corrected chi connectivity index (χ4v) is 2.53. The largest absolute Gasteiger partial charge is 0.494 e. The van der Waals surface area contributed by atoms with Gasteiger partial charge in [-0.25, -0.2) is 0 Å². The van der Waals surface area contributed by atoms with Crippen LogP contribution in [0.1, 0.15) is 32.3 Å². The first-order valence-corrected chi connectivity index (χ1v) is 9.76. The second kappa shape index (κ2) is 6.55. The summed E-state index contributed by atoms with van der Waals surface area (Å²) in [5, 5.41) is 9.05. The monoisotopic (exact) mass is 282 g/mol. The molecule has 19 heavy (non-hydrogen) atoms. The van der Waals surface area contributed by atoms with Crippen molar-refractivity contribution >= 4 is 8.32 Å². The number of aliphatic hydroxyl groups is 1. The fourth-order valence-electron chi connectivity index (χ4n) is 1.74. The molecule has 0 aliphatic rings. The van der Waals surface area contributed by atoms with Crippen LogP contribution in [0.2, 0.25) is 18.1 Å². The molecule has 0 radical (unpaired) electrons. The normalized spacial score (nSPS) is 12.5. The molecule has 108 valence electrons. The summed E-state index contributed by atoms with van der Waals surface area (Å²) in [6.07, 6.45) is 1.88. The zero-order valence-electron chi connectivity index (χ0n) is 12.4. The predicted molar refractivity (Wildman–Crippen MR) is 80.8 cm³/mol. The molecular formula is C15H26O3Si. The molecule has 0 saturated heterocycles. The van der Waals surface area contributed by atoms with E-state index in [2.05, 4.69) is 13.8 Å². The van der Waals surface area contributed by atoms with Crippen molar-refractivity contribution in [1.82, 2.24) is 0 Å². The third kappa shape index (κ3) is 4.97. The van der Waals surface area contributed by atoms with Crippen LogP contribution >= 0.6 is 0 Å². The molecule has 0 atom stereocenters. The lowest BCUT2D eigenvalue weighted by Crippen LogP contribution is -2.39. The van der Waals surface area contributed by atoms with Gasteiger partial charge in [-0.2, -0.15) is 0 Å². The first-order valence-electron chi connectivity index (χ1n) is 6.81. The average molecular weight is 282 g/mol. The minimum atomic E-state index is -2.12. The van der Waals surface area contributed by atoms with Gasteiger partial charge in [-0.1, -0.05) is 26.0 Å². The standard InChI is InChI=1S/C15H26O3Si/c1-15(2,19(3,4)17)9-6-10-18-14-8-5-7-13(11-14)12-16/h5,7-8,11,16-17H,6,9-10,12H2,1-4H3. The highest BCUT2D eigenvalue weighted by Gasteiger charge is 2.37. The molecule has 0 amide bonds. The van der Waals surface area contributed by atoms with Crippen LogP contribution < -0.4 is 4.74 Å². The van der Waals surface area contributed by atoms with Crippen LogP contribution in [0.25, 0.3) is 0 Å². The van der Waals surface area contributed by atoms with E-state index in [9.17, 15) is 4.80 Å². The molecule has 1 aromatic carbocycles. The molecule has 0 unspecified atom stereocenters. The lowest BCUT2D eigenvalue weighted by Gasteiger charge is -2.35. The number of rotatable bonds is 7. The van der Waals surface area contributed by atoms with Crippen molar-refractivity contribution in [3.8, 4) is 5.75 Å². The topological polar surface area (TPSA) is 49.7 Å². The van der Waals surface area contributed by atoms with Crippen LogP contribution in [0.4, 0.5) is 0 Å². The minimum Gasteiger partial charge on any atom is -0.494 e. The van der Waals surface area contributed by atoms with Gasteiger partial charge in [-0.15, -0.1) is 0 Å². The number of ether oxygens (including phenoxy) is 1. The van der Waals surface area contributed by atoms with Gasteiger partial charge in [0.25, 0.3) is 0 Å². The van der Waals surface area contributed by atoms with E-state index < -0.39 is 8.32 Å². The predicted octanol–water partition coefficient (Wildman–Crippen LogP) is 3.32. The van der Waals surface area contributed by atoms with Gasteiger partial charge in [-0.3, -0.25) is 0 Å².